The van der Waals surface area contributed by atoms with Crippen LogP contribution < -0.4 is 26.0 Å². The Morgan fingerprint density at radius 1 is 0.676 bits per heavy atom. The summed E-state index contributed by atoms with van der Waals surface area (Å²) in [5, 5.41) is 0. The van der Waals surface area contributed by atoms with Crippen molar-refractivity contribution in [3.63, 3.8) is 0 Å². The lowest BCUT2D eigenvalue weighted by atomic mass is 9.34. The summed E-state index contributed by atoms with van der Waals surface area (Å²) in [4.78, 5) is 5.02. The number of benzene rings is 5. The van der Waals surface area contributed by atoms with Gasteiger partial charge in [0.1, 0.15) is 11.5 Å². The minimum atomic E-state index is 0.140. The summed E-state index contributed by atoms with van der Waals surface area (Å²) in [5.74, 6) is 1.92. The minimum absolute atomic E-state index is 0.140. The topological polar surface area (TPSA) is 12.5 Å². The predicted octanol–water partition coefficient (Wildman–Crippen LogP) is 7.15. The van der Waals surface area contributed by atoms with Gasteiger partial charge in [0, 0.05) is 15.5 Å². The number of nitrogens with zero attached hydrogens (tertiary/aromatic N) is 1. The first-order chi connectivity index (χ1) is 18.1. The van der Waals surface area contributed by atoms with Crippen molar-refractivity contribution < 1.29 is 4.74 Å². The molecular weight excluding hydrogens is 469 g/mol. The van der Waals surface area contributed by atoms with Gasteiger partial charge < -0.3 is 9.64 Å². The Morgan fingerprint density at radius 3 is 2.27 bits per heavy atom. The average molecular weight is 493 g/mol. The van der Waals surface area contributed by atoms with Gasteiger partial charge in [-0.1, -0.05) is 71.9 Å². The van der Waals surface area contributed by atoms with Crippen molar-refractivity contribution >= 4 is 51.9 Å². The monoisotopic (exact) mass is 493 g/mol. The third kappa shape index (κ3) is 2.91. The van der Waals surface area contributed by atoms with E-state index in [1.54, 1.807) is 0 Å². The molecule has 3 aliphatic rings. The van der Waals surface area contributed by atoms with Crippen LogP contribution in [0.15, 0.2) is 101 Å². The predicted molar refractivity (Wildman–Crippen MR) is 156 cm³/mol. The molecule has 0 aromatic heterocycles. The summed E-state index contributed by atoms with van der Waals surface area (Å²) in [6.45, 7) is 6.72. The first kappa shape index (κ1) is 21.2. The Morgan fingerprint density at radius 2 is 1.43 bits per heavy atom. The standard InChI is InChI=1S/C33H24BNOS/c1-19-16-20(2)31(21(3)17-19)22-12-13-24-28(18-22)36-27-14-15-30-33-32(27)34(24)23-8-4-5-9-25(23)35(33)26-10-6-7-11-29(26)37-30/h4-18H,1-3H3. The largest absolute Gasteiger partial charge is 0.458 e. The quantitative estimate of drug-likeness (QED) is 0.226. The van der Waals surface area contributed by atoms with Crippen LogP contribution in [0.3, 0.4) is 0 Å². The number of aryl methyl sites for hydroxylation is 3. The first-order valence-corrected chi connectivity index (χ1v) is 13.6. The molecule has 0 N–H and O–H groups in total. The molecule has 37 heavy (non-hydrogen) atoms. The Kier molecular flexibility index (Phi) is 4.34. The molecule has 5 aromatic rings. The highest BCUT2D eigenvalue weighted by Crippen LogP contribution is 2.53. The fourth-order valence-corrected chi connectivity index (χ4v) is 7.73. The SMILES string of the molecule is Cc1cc(C)c(-c2ccc3c(c2)Oc2ccc4c5c2B3c2ccccc2N5c2ccccc2S4)c(C)c1. The molecular formula is C33H24BNOS. The van der Waals surface area contributed by atoms with Crippen LogP contribution in [0.1, 0.15) is 16.7 Å². The summed E-state index contributed by atoms with van der Waals surface area (Å²) >= 11 is 1.86. The maximum absolute atomic E-state index is 6.73. The van der Waals surface area contributed by atoms with Crippen LogP contribution in [0.2, 0.25) is 0 Å². The molecule has 0 radical (unpaired) electrons. The van der Waals surface area contributed by atoms with Gasteiger partial charge in [-0.15, -0.1) is 0 Å². The smallest absolute Gasteiger partial charge is 0.256 e. The van der Waals surface area contributed by atoms with Crippen molar-refractivity contribution in [2.45, 2.75) is 30.6 Å². The molecule has 0 saturated carbocycles. The van der Waals surface area contributed by atoms with Gasteiger partial charge in [-0.05, 0) is 95.8 Å². The van der Waals surface area contributed by atoms with Crippen molar-refractivity contribution in [1.82, 2.24) is 0 Å². The van der Waals surface area contributed by atoms with Crippen molar-refractivity contribution in [3.05, 3.63) is 108 Å². The normalized spacial score (nSPS) is 13.8. The molecule has 0 saturated heterocycles. The lowest BCUT2D eigenvalue weighted by Crippen LogP contribution is -2.59. The van der Waals surface area contributed by atoms with Crippen LogP contribution in [0.5, 0.6) is 11.5 Å². The Labute approximate surface area is 222 Å². The summed E-state index contributed by atoms with van der Waals surface area (Å²) in [5.41, 5.74) is 14.0. The van der Waals surface area contributed by atoms with E-state index in [-0.39, 0.29) is 6.71 Å². The van der Waals surface area contributed by atoms with E-state index in [0.717, 1.165) is 11.5 Å². The molecule has 0 atom stereocenters. The molecule has 4 heteroatoms. The van der Waals surface area contributed by atoms with E-state index in [4.69, 9.17) is 4.74 Å². The molecule has 0 fully saturated rings. The maximum atomic E-state index is 6.73. The highest BCUT2D eigenvalue weighted by molar-refractivity contribution is 7.99. The molecule has 0 bridgehead atoms. The Hall–Kier alpha value is -3.89. The third-order valence-electron chi connectivity index (χ3n) is 7.98. The zero-order valence-electron chi connectivity index (χ0n) is 21.0. The van der Waals surface area contributed by atoms with Gasteiger partial charge in [0.15, 0.2) is 0 Å². The zero-order valence-corrected chi connectivity index (χ0v) is 21.8. The highest BCUT2D eigenvalue weighted by Gasteiger charge is 2.44. The second-order valence-electron chi connectivity index (χ2n) is 10.3. The van der Waals surface area contributed by atoms with E-state index >= 15 is 0 Å². The lowest BCUT2D eigenvalue weighted by molar-refractivity contribution is 0.487. The van der Waals surface area contributed by atoms with E-state index in [9.17, 15) is 0 Å². The van der Waals surface area contributed by atoms with Crippen molar-refractivity contribution in [1.29, 1.82) is 0 Å². The molecule has 0 amide bonds. The van der Waals surface area contributed by atoms with Gasteiger partial charge in [-0.25, -0.2) is 0 Å². The fraction of sp³-hybridized carbons (Fsp3) is 0.0909. The Balaban J connectivity index is 1.37. The number of ether oxygens (including phenoxy) is 1. The molecule has 8 rings (SSSR count). The Bertz CT molecular complexity index is 1770. The van der Waals surface area contributed by atoms with Crippen LogP contribution in [0.4, 0.5) is 17.1 Å². The van der Waals surface area contributed by atoms with Gasteiger partial charge in [0.25, 0.3) is 6.71 Å². The number of rotatable bonds is 1. The minimum Gasteiger partial charge on any atom is -0.458 e. The molecule has 176 valence electrons. The maximum Gasteiger partial charge on any atom is 0.256 e. The van der Waals surface area contributed by atoms with E-state index < -0.39 is 0 Å². The summed E-state index contributed by atoms with van der Waals surface area (Å²) in [6.07, 6.45) is 0. The summed E-state index contributed by atoms with van der Waals surface area (Å²) in [6, 6.07) is 33.4. The second kappa shape index (κ2) is 7.56. The highest BCUT2D eigenvalue weighted by atomic mass is 32.2. The van der Waals surface area contributed by atoms with Gasteiger partial charge in [0.05, 0.1) is 11.4 Å². The van der Waals surface area contributed by atoms with Crippen LogP contribution in [-0.2, 0) is 0 Å². The third-order valence-corrected chi connectivity index (χ3v) is 9.09. The van der Waals surface area contributed by atoms with Crippen molar-refractivity contribution in [2.24, 2.45) is 0 Å². The number of para-hydroxylation sites is 2. The summed E-state index contributed by atoms with van der Waals surface area (Å²) in [7, 11) is 0. The molecule has 0 spiro atoms. The summed E-state index contributed by atoms with van der Waals surface area (Å²) < 4.78 is 6.73. The molecule has 0 unspecified atom stereocenters. The second-order valence-corrected chi connectivity index (χ2v) is 11.4. The zero-order chi connectivity index (χ0) is 24.8. The van der Waals surface area contributed by atoms with Crippen LogP contribution in [0.25, 0.3) is 11.1 Å². The van der Waals surface area contributed by atoms with E-state index in [1.807, 2.05) is 11.8 Å². The van der Waals surface area contributed by atoms with Crippen molar-refractivity contribution in [3.8, 4) is 22.6 Å². The lowest BCUT2D eigenvalue weighted by Gasteiger charge is -2.43. The number of hydrogen-bond donors (Lipinski definition) is 0. The van der Waals surface area contributed by atoms with Crippen LogP contribution in [-0.4, -0.2) is 6.71 Å². The van der Waals surface area contributed by atoms with Gasteiger partial charge in [0.2, 0.25) is 0 Å². The van der Waals surface area contributed by atoms with Gasteiger partial charge >= 0.3 is 0 Å². The van der Waals surface area contributed by atoms with E-state index in [0.29, 0.717) is 0 Å². The van der Waals surface area contributed by atoms with Gasteiger partial charge in [-0.3, -0.25) is 0 Å². The molecule has 3 heterocycles. The van der Waals surface area contributed by atoms with E-state index in [1.165, 1.54) is 71.1 Å². The molecule has 2 nitrogen and oxygen atoms in total. The number of hydrogen-bond acceptors (Lipinski definition) is 3. The number of fused-ring (bicyclic) bond motifs is 7. The fourth-order valence-electron chi connectivity index (χ4n) is 6.65. The molecule has 3 aliphatic heterocycles. The number of anilines is 3. The molecule has 5 aromatic carbocycles. The molecule has 0 aliphatic carbocycles. The van der Waals surface area contributed by atoms with E-state index in [2.05, 4.69) is 117 Å². The van der Waals surface area contributed by atoms with Crippen LogP contribution >= 0.6 is 11.8 Å². The van der Waals surface area contributed by atoms with Crippen molar-refractivity contribution in [2.75, 3.05) is 4.90 Å². The first-order valence-electron chi connectivity index (χ1n) is 12.8. The average Bonchev–Trinajstić information content (AvgIpc) is 2.90. The van der Waals surface area contributed by atoms with Crippen LogP contribution in [0, 0.1) is 20.8 Å². The van der Waals surface area contributed by atoms with Gasteiger partial charge in [-0.2, -0.15) is 0 Å².